The van der Waals surface area contributed by atoms with Crippen molar-refractivity contribution < 1.29 is 9.47 Å². The lowest BCUT2D eigenvalue weighted by molar-refractivity contribution is 0.307. The molecule has 0 aliphatic carbocycles. The van der Waals surface area contributed by atoms with Gasteiger partial charge in [0, 0.05) is 11.6 Å². The van der Waals surface area contributed by atoms with Crippen molar-refractivity contribution in [3.8, 4) is 11.5 Å². The first-order valence-electron chi connectivity index (χ1n) is 6.20. The second kappa shape index (κ2) is 5.41. The van der Waals surface area contributed by atoms with Crippen LogP contribution >= 0.6 is 0 Å². The molecule has 0 amide bonds. The van der Waals surface area contributed by atoms with Crippen molar-refractivity contribution in [3.05, 3.63) is 23.8 Å². The lowest BCUT2D eigenvalue weighted by Crippen LogP contribution is -2.31. The van der Waals surface area contributed by atoms with Crippen molar-refractivity contribution in [2.75, 3.05) is 20.8 Å². The van der Waals surface area contributed by atoms with Crippen LogP contribution in [0.4, 0.5) is 0 Å². The zero-order valence-electron chi connectivity index (χ0n) is 10.8. The number of hydrogen-bond donors (Lipinski definition) is 1. The van der Waals surface area contributed by atoms with Gasteiger partial charge in [-0.05, 0) is 31.4 Å². The Morgan fingerprint density at radius 2 is 2.06 bits per heavy atom. The van der Waals surface area contributed by atoms with Gasteiger partial charge in [-0.25, -0.2) is 0 Å². The number of nitrogens with one attached hydrogen (secondary N) is 1. The first kappa shape index (κ1) is 12.2. The summed E-state index contributed by atoms with van der Waals surface area (Å²) in [6, 6.07) is 6.47. The highest BCUT2D eigenvalue weighted by Crippen LogP contribution is 2.38. The van der Waals surface area contributed by atoms with E-state index in [0.717, 1.165) is 30.4 Å². The summed E-state index contributed by atoms with van der Waals surface area (Å²) >= 11 is 0. The van der Waals surface area contributed by atoms with Crippen molar-refractivity contribution >= 4 is 0 Å². The van der Waals surface area contributed by atoms with Crippen LogP contribution in [0.5, 0.6) is 11.5 Å². The Balaban J connectivity index is 2.30. The van der Waals surface area contributed by atoms with Crippen molar-refractivity contribution in [3.63, 3.8) is 0 Å². The third-order valence-corrected chi connectivity index (χ3v) is 3.47. The molecule has 0 radical (unpaired) electrons. The van der Waals surface area contributed by atoms with Crippen molar-refractivity contribution in [1.29, 1.82) is 0 Å². The molecule has 1 fully saturated rings. The van der Waals surface area contributed by atoms with E-state index in [9.17, 15) is 0 Å². The van der Waals surface area contributed by atoms with Crippen LogP contribution in [-0.4, -0.2) is 20.8 Å². The molecule has 0 aromatic heterocycles. The molecule has 0 saturated carbocycles. The number of methoxy groups -OCH3 is 2. The van der Waals surface area contributed by atoms with Gasteiger partial charge in [-0.3, -0.25) is 0 Å². The molecule has 1 heterocycles. The lowest BCUT2D eigenvalue weighted by atomic mass is 9.89. The average Bonchev–Trinajstić information content (AvgIpc) is 2.37. The summed E-state index contributed by atoms with van der Waals surface area (Å²) in [6.45, 7) is 3.38. The fourth-order valence-corrected chi connectivity index (χ4v) is 2.53. The van der Waals surface area contributed by atoms with E-state index in [-0.39, 0.29) is 0 Å². The molecule has 1 aliphatic rings. The summed E-state index contributed by atoms with van der Waals surface area (Å²) in [4.78, 5) is 0. The van der Waals surface area contributed by atoms with E-state index in [1.54, 1.807) is 14.2 Å². The Hall–Kier alpha value is -1.22. The SMILES string of the molecule is COc1cccc(C2CC(C)CCN2)c1OC. The van der Waals surface area contributed by atoms with E-state index in [2.05, 4.69) is 18.3 Å². The standard InChI is InChI=1S/C14H21NO2/c1-10-7-8-15-12(9-10)11-5-4-6-13(16-2)14(11)17-3/h4-6,10,12,15H,7-9H2,1-3H3. The molecule has 94 valence electrons. The highest BCUT2D eigenvalue weighted by atomic mass is 16.5. The Kier molecular flexibility index (Phi) is 3.89. The van der Waals surface area contributed by atoms with Gasteiger partial charge in [-0.1, -0.05) is 19.1 Å². The smallest absolute Gasteiger partial charge is 0.165 e. The van der Waals surface area contributed by atoms with Gasteiger partial charge >= 0.3 is 0 Å². The minimum Gasteiger partial charge on any atom is -0.493 e. The number of ether oxygens (including phenoxy) is 2. The lowest BCUT2D eigenvalue weighted by Gasteiger charge is -2.29. The molecule has 0 spiro atoms. The van der Waals surface area contributed by atoms with Gasteiger partial charge in [0.2, 0.25) is 0 Å². The second-order valence-corrected chi connectivity index (χ2v) is 4.72. The Morgan fingerprint density at radius 3 is 2.71 bits per heavy atom. The van der Waals surface area contributed by atoms with Crippen LogP contribution < -0.4 is 14.8 Å². The summed E-state index contributed by atoms with van der Waals surface area (Å²) in [5.41, 5.74) is 1.21. The number of benzene rings is 1. The Labute approximate surface area is 103 Å². The number of hydrogen-bond acceptors (Lipinski definition) is 3. The van der Waals surface area contributed by atoms with Crippen LogP contribution in [0.2, 0.25) is 0 Å². The fourth-order valence-electron chi connectivity index (χ4n) is 2.53. The predicted molar refractivity (Wildman–Crippen MR) is 68.7 cm³/mol. The monoisotopic (exact) mass is 235 g/mol. The van der Waals surface area contributed by atoms with Crippen molar-refractivity contribution in [1.82, 2.24) is 5.32 Å². The van der Waals surface area contributed by atoms with Gasteiger partial charge < -0.3 is 14.8 Å². The summed E-state index contributed by atoms with van der Waals surface area (Å²) in [7, 11) is 3.38. The first-order chi connectivity index (χ1) is 8.26. The molecule has 1 saturated heterocycles. The molecule has 2 atom stereocenters. The maximum atomic E-state index is 5.49. The van der Waals surface area contributed by atoms with E-state index in [4.69, 9.17) is 9.47 Å². The van der Waals surface area contributed by atoms with Crippen LogP contribution in [0.25, 0.3) is 0 Å². The van der Waals surface area contributed by atoms with Gasteiger partial charge in [0.05, 0.1) is 14.2 Å². The predicted octanol–water partition coefficient (Wildman–Crippen LogP) is 2.76. The molecule has 3 nitrogen and oxygen atoms in total. The van der Waals surface area contributed by atoms with Gasteiger partial charge in [0.25, 0.3) is 0 Å². The molecule has 2 rings (SSSR count). The second-order valence-electron chi connectivity index (χ2n) is 4.72. The van der Waals surface area contributed by atoms with Crippen molar-refractivity contribution in [2.45, 2.75) is 25.8 Å². The molecule has 1 aliphatic heterocycles. The van der Waals surface area contributed by atoms with Crippen molar-refractivity contribution in [2.24, 2.45) is 5.92 Å². The zero-order valence-corrected chi connectivity index (χ0v) is 10.8. The topological polar surface area (TPSA) is 30.5 Å². The molecule has 17 heavy (non-hydrogen) atoms. The largest absolute Gasteiger partial charge is 0.493 e. The molecule has 1 N–H and O–H groups in total. The maximum absolute atomic E-state index is 5.49. The highest BCUT2D eigenvalue weighted by Gasteiger charge is 2.23. The number of piperidine rings is 1. The normalized spacial score (nSPS) is 24.4. The van der Waals surface area contributed by atoms with E-state index in [1.807, 2.05) is 12.1 Å². The van der Waals surface area contributed by atoms with Crippen LogP contribution in [0.3, 0.4) is 0 Å². The van der Waals surface area contributed by atoms with Crippen LogP contribution in [0, 0.1) is 5.92 Å². The number of rotatable bonds is 3. The molecular formula is C14H21NO2. The van der Waals surface area contributed by atoms with E-state index in [0.29, 0.717) is 6.04 Å². The van der Waals surface area contributed by atoms with Crippen LogP contribution in [-0.2, 0) is 0 Å². The summed E-state index contributed by atoms with van der Waals surface area (Å²) in [6.07, 6.45) is 2.41. The molecule has 3 heteroatoms. The quantitative estimate of drug-likeness (QED) is 0.874. The van der Waals surface area contributed by atoms with E-state index in [1.165, 1.54) is 12.0 Å². The highest BCUT2D eigenvalue weighted by molar-refractivity contribution is 5.48. The van der Waals surface area contributed by atoms with E-state index >= 15 is 0 Å². The van der Waals surface area contributed by atoms with E-state index < -0.39 is 0 Å². The Morgan fingerprint density at radius 1 is 1.24 bits per heavy atom. The van der Waals surface area contributed by atoms with Gasteiger partial charge in [0.1, 0.15) is 0 Å². The maximum Gasteiger partial charge on any atom is 0.165 e. The molecular weight excluding hydrogens is 214 g/mol. The van der Waals surface area contributed by atoms with Gasteiger partial charge in [-0.2, -0.15) is 0 Å². The van der Waals surface area contributed by atoms with Gasteiger partial charge in [-0.15, -0.1) is 0 Å². The summed E-state index contributed by atoms with van der Waals surface area (Å²) < 4.78 is 10.8. The first-order valence-corrected chi connectivity index (χ1v) is 6.20. The Bertz CT molecular complexity index is 378. The summed E-state index contributed by atoms with van der Waals surface area (Å²) in [5, 5.41) is 3.56. The average molecular weight is 235 g/mol. The van der Waals surface area contributed by atoms with Crippen LogP contribution in [0.1, 0.15) is 31.4 Å². The van der Waals surface area contributed by atoms with Gasteiger partial charge in [0.15, 0.2) is 11.5 Å². The fraction of sp³-hybridized carbons (Fsp3) is 0.571. The molecule has 0 bridgehead atoms. The summed E-state index contributed by atoms with van der Waals surface area (Å²) in [5.74, 6) is 2.43. The minimum absolute atomic E-state index is 0.379. The molecule has 1 aromatic carbocycles. The zero-order chi connectivity index (χ0) is 12.3. The number of para-hydroxylation sites is 1. The minimum atomic E-state index is 0.379. The third-order valence-electron chi connectivity index (χ3n) is 3.47. The third kappa shape index (κ3) is 2.55. The molecule has 2 unspecified atom stereocenters. The van der Waals surface area contributed by atoms with Crippen LogP contribution in [0.15, 0.2) is 18.2 Å². The molecule has 1 aromatic rings.